The van der Waals surface area contributed by atoms with Crippen LogP contribution in [0.25, 0.3) is 0 Å². The molecule has 0 aromatic rings. The zero-order chi connectivity index (χ0) is 11.8. The average molecular weight is 217 g/mol. The molecule has 0 bridgehead atoms. The number of hydrogen-bond donors (Lipinski definition) is 2. The summed E-state index contributed by atoms with van der Waals surface area (Å²) in [7, 11) is 0. The summed E-state index contributed by atoms with van der Waals surface area (Å²) in [6, 6.07) is -0.831. The van der Waals surface area contributed by atoms with E-state index in [4.69, 9.17) is 9.84 Å². The minimum atomic E-state index is -1.01. The van der Waals surface area contributed by atoms with E-state index in [0.717, 1.165) is 0 Å². The Bertz CT molecular complexity index is 217. The minimum absolute atomic E-state index is 0.0866. The van der Waals surface area contributed by atoms with Gasteiger partial charge in [-0.25, -0.2) is 4.79 Å². The highest BCUT2D eigenvalue weighted by Gasteiger charge is 2.24. The maximum Gasteiger partial charge on any atom is 0.326 e. The van der Waals surface area contributed by atoms with E-state index in [1.165, 1.54) is 0 Å². The molecule has 0 saturated carbocycles. The lowest BCUT2D eigenvalue weighted by molar-refractivity contribution is -0.144. The van der Waals surface area contributed by atoms with Crippen molar-refractivity contribution in [3.63, 3.8) is 0 Å². The largest absolute Gasteiger partial charge is 0.480 e. The van der Waals surface area contributed by atoms with Gasteiger partial charge in [-0.2, -0.15) is 0 Å². The van der Waals surface area contributed by atoms with E-state index in [-0.39, 0.29) is 18.4 Å². The number of ether oxygens (including phenoxy) is 1. The molecule has 5 heteroatoms. The zero-order valence-corrected chi connectivity index (χ0v) is 9.45. The Balaban J connectivity index is 4.16. The van der Waals surface area contributed by atoms with E-state index >= 15 is 0 Å². The van der Waals surface area contributed by atoms with Crippen LogP contribution in [0.5, 0.6) is 0 Å². The van der Waals surface area contributed by atoms with Crippen molar-refractivity contribution in [2.45, 2.75) is 33.2 Å². The number of amides is 1. The lowest BCUT2D eigenvalue weighted by atomic mass is 9.99. The molecule has 0 fully saturated rings. The van der Waals surface area contributed by atoms with Crippen LogP contribution in [0.4, 0.5) is 0 Å². The van der Waals surface area contributed by atoms with E-state index in [0.29, 0.717) is 13.0 Å². The van der Waals surface area contributed by atoms with Crippen molar-refractivity contribution < 1.29 is 19.4 Å². The lowest BCUT2D eigenvalue weighted by Gasteiger charge is -2.19. The van der Waals surface area contributed by atoms with E-state index < -0.39 is 12.0 Å². The van der Waals surface area contributed by atoms with Crippen LogP contribution in [0.3, 0.4) is 0 Å². The molecule has 0 aromatic carbocycles. The molecule has 0 spiro atoms. The highest BCUT2D eigenvalue weighted by atomic mass is 16.5. The van der Waals surface area contributed by atoms with Crippen LogP contribution in [0.1, 0.15) is 27.2 Å². The second-order valence-corrected chi connectivity index (χ2v) is 3.41. The quantitative estimate of drug-likeness (QED) is 0.656. The van der Waals surface area contributed by atoms with Gasteiger partial charge in [-0.15, -0.1) is 0 Å². The summed E-state index contributed by atoms with van der Waals surface area (Å²) in [5.74, 6) is -1.48. The normalized spacial score (nSPS) is 14.3. The number of carbonyl (C=O) groups is 2. The van der Waals surface area contributed by atoms with Crippen molar-refractivity contribution in [3.05, 3.63) is 0 Å². The van der Waals surface area contributed by atoms with Gasteiger partial charge in [0.15, 0.2) is 0 Å². The fourth-order valence-electron chi connectivity index (χ4n) is 1.09. The number of aliphatic carboxylic acids is 1. The molecule has 0 aromatic heterocycles. The van der Waals surface area contributed by atoms with E-state index in [1.54, 1.807) is 13.8 Å². The SMILES string of the molecule is CCOCC(=O)N[C@H](C(=O)O)C(C)CC. The Kier molecular flexibility index (Phi) is 6.70. The van der Waals surface area contributed by atoms with Gasteiger partial charge in [0.1, 0.15) is 12.6 Å². The van der Waals surface area contributed by atoms with Crippen LogP contribution in [-0.2, 0) is 14.3 Å². The standard InChI is InChI=1S/C10H19NO4/c1-4-7(3)9(10(13)14)11-8(12)6-15-5-2/h7,9H,4-6H2,1-3H3,(H,11,12)(H,13,14)/t7?,9-/m0/s1. The van der Waals surface area contributed by atoms with E-state index in [2.05, 4.69) is 5.32 Å². The van der Waals surface area contributed by atoms with Gasteiger partial charge in [0.2, 0.25) is 5.91 Å². The fourth-order valence-corrected chi connectivity index (χ4v) is 1.09. The van der Waals surface area contributed by atoms with Crippen LogP contribution in [0.2, 0.25) is 0 Å². The molecule has 2 atom stereocenters. The topological polar surface area (TPSA) is 75.6 Å². The third kappa shape index (κ3) is 5.37. The highest BCUT2D eigenvalue weighted by molar-refractivity contribution is 5.84. The molecule has 0 saturated heterocycles. The van der Waals surface area contributed by atoms with Crippen LogP contribution in [0.15, 0.2) is 0 Å². The summed E-state index contributed by atoms with van der Waals surface area (Å²) in [5.41, 5.74) is 0. The summed E-state index contributed by atoms with van der Waals surface area (Å²) in [6.45, 7) is 5.80. The van der Waals surface area contributed by atoms with E-state index in [1.807, 2.05) is 6.92 Å². The number of carboxylic acid groups (broad SMARTS) is 1. The van der Waals surface area contributed by atoms with Crippen LogP contribution in [-0.4, -0.2) is 36.2 Å². The van der Waals surface area contributed by atoms with Crippen molar-refractivity contribution in [3.8, 4) is 0 Å². The minimum Gasteiger partial charge on any atom is -0.480 e. The summed E-state index contributed by atoms with van der Waals surface area (Å²) >= 11 is 0. The molecule has 0 heterocycles. The second-order valence-electron chi connectivity index (χ2n) is 3.41. The predicted octanol–water partition coefficient (Wildman–Crippen LogP) is 0.638. The molecule has 0 radical (unpaired) electrons. The molecule has 88 valence electrons. The molecule has 1 unspecified atom stereocenters. The maximum atomic E-state index is 11.2. The number of carboxylic acids is 1. The smallest absolute Gasteiger partial charge is 0.326 e. The molecular formula is C10H19NO4. The van der Waals surface area contributed by atoms with Gasteiger partial charge in [-0.3, -0.25) is 4.79 Å². The summed E-state index contributed by atoms with van der Waals surface area (Å²) in [4.78, 5) is 22.1. The summed E-state index contributed by atoms with van der Waals surface area (Å²) in [5, 5.41) is 11.3. The molecule has 0 aliphatic carbocycles. The number of carbonyl (C=O) groups excluding carboxylic acids is 1. The van der Waals surface area contributed by atoms with Crippen LogP contribution in [0, 0.1) is 5.92 Å². The number of hydrogen-bond acceptors (Lipinski definition) is 3. The maximum absolute atomic E-state index is 11.2. The Morgan fingerprint density at radius 2 is 2.00 bits per heavy atom. The van der Waals surface area contributed by atoms with Gasteiger partial charge in [0, 0.05) is 6.61 Å². The molecule has 0 aliphatic rings. The van der Waals surface area contributed by atoms with Crippen molar-refractivity contribution in [2.24, 2.45) is 5.92 Å². The third-order valence-corrected chi connectivity index (χ3v) is 2.23. The Hall–Kier alpha value is -1.10. The van der Waals surface area contributed by atoms with Crippen molar-refractivity contribution in [1.82, 2.24) is 5.32 Å². The monoisotopic (exact) mass is 217 g/mol. The van der Waals surface area contributed by atoms with Crippen molar-refractivity contribution in [1.29, 1.82) is 0 Å². The van der Waals surface area contributed by atoms with Crippen molar-refractivity contribution in [2.75, 3.05) is 13.2 Å². The molecule has 2 N–H and O–H groups in total. The summed E-state index contributed by atoms with van der Waals surface area (Å²) < 4.78 is 4.88. The second kappa shape index (κ2) is 7.23. The predicted molar refractivity (Wildman–Crippen MR) is 55.5 cm³/mol. The van der Waals surface area contributed by atoms with Crippen LogP contribution < -0.4 is 5.32 Å². The fraction of sp³-hybridized carbons (Fsp3) is 0.800. The Labute approximate surface area is 89.8 Å². The first-order valence-corrected chi connectivity index (χ1v) is 5.12. The molecule has 0 rings (SSSR count). The first kappa shape index (κ1) is 13.9. The lowest BCUT2D eigenvalue weighted by Crippen LogP contribution is -2.46. The molecule has 0 aliphatic heterocycles. The first-order valence-electron chi connectivity index (χ1n) is 5.12. The van der Waals surface area contributed by atoms with Gasteiger partial charge in [0.05, 0.1) is 0 Å². The van der Waals surface area contributed by atoms with Gasteiger partial charge in [0.25, 0.3) is 0 Å². The third-order valence-electron chi connectivity index (χ3n) is 2.23. The highest BCUT2D eigenvalue weighted by Crippen LogP contribution is 2.07. The van der Waals surface area contributed by atoms with Gasteiger partial charge >= 0.3 is 5.97 Å². The molecular weight excluding hydrogens is 198 g/mol. The number of nitrogens with one attached hydrogen (secondary N) is 1. The van der Waals surface area contributed by atoms with E-state index in [9.17, 15) is 9.59 Å². The van der Waals surface area contributed by atoms with Gasteiger partial charge in [-0.05, 0) is 12.8 Å². The van der Waals surface area contributed by atoms with Gasteiger partial charge < -0.3 is 15.2 Å². The summed E-state index contributed by atoms with van der Waals surface area (Å²) in [6.07, 6.45) is 0.700. The molecule has 15 heavy (non-hydrogen) atoms. The number of rotatable bonds is 7. The zero-order valence-electron chi connectivity index (χ0n) is 9.45. The average Bonchev–Trinajstić information content (AvgIpc) is 2.21. The first-order chi connectivity index (χ1) is 7.02. The molecule has 5 nitrogen and oxygen atoms in total. The Morgan fingerprint density at radius 3 is 2.40 bits per heavy atom. The Morgan fingerprint density at radius 1 is 1.40 bits per heavy atom. The van der Waals surface area contributed by atoms with Crippen molar-refractivity contribution >= 4 is 11.9 Å². The van der Waals surface area contributed by atoms with Crippen LogP contribution >= 0.6 is 0 Å². The van der Waals surface area contributed by atoms with Gasteiger partial charge in [-0.1, -0.05) is 20.3 Å². The molecule has 1 amide bonds.